The number of hydrogen-bond acceptors (Lipinski definition) is 5. The summed E-state index contributed by atoms with van der Waals surface area (Å²) < 4.78 is 6.98. The second-order valence-electron chi connectivity index (χ2n) is 5.86. The van der Waals surface area contributed by atoms with Crippen LogP contribution < -0.4 is 10.1 Å². The highest BCUT2D eigenvalue weighted by Crippen LogP contribution is 2.28. The molecule has 0 radical (unpaired) electrons. The Morgan fingerprint density at radius 3 is 2.93 bits per heavy atom. The lowest BCUT2D eigenvalue weighted by Crippen LogP contribution is -2.09. The number of nitrogens with zero attached hydrogens (tertiary/aromatic N) is 3. The van der Waals surface area contributed by atoms with Crippen molar-refractivity contribution < 1.29 is 9.53 Å². The van der Waals surface area contributed by atoms with Crippen LogP contribution in [0.1, 0.15) is 5.56 Å². The summed E-state index contributed by atoms with van der Waals surface area (Å²) >= 11 is 7.39. The van der Waals surface area contributed by atoms with Crippen LogP contribution in [-0.2, 0) is 4.79 Å². The van der Waals surface area contributed by atoms with Crippen LogP contribution in [0.3, 0.4) is 0 Å². The van der Waals surface area contributed by atoms with Crippen molar-refractivity contribution >= 4 is 45.8 Å². The van der Waals surface area contributed by atoms with Gasteiger partial charge in [-0.05, 0) is 35.9 Å². The lowest BCUT2D eigenvalue weighted by molar-refractivity contribution is -0.111. The monoisotopic (exact) mass is 410 g/mol. The molecule has 140 valence electrons. The van der Waals surface area contributed by atoms with Gasteiger partial charge < -0.3 is 4.74 Å². The van der Waals surface area contributed by atoms with Gasteiger partial charge in [0.15, 0.2) is 0 Å². The van der Waals surface area contributed by atoms with Crippen LogP contribution in [0.2, 0.25) is 5.02 Å². The van der Waals surface area contributed by atoms with Crippen LogP contribution in [0.4, 0.5) is 5.95 Å². The van der Waals surface area contributed by atoms with E-state index >= 15 is 0 Å². The van der Waals surface area contributed by atoms with Crippen LogP contribution in [-0.4, -0.2) is 27.6 Å². The third kappa shape index (κ3) is 3.90. The summed E-state index contributed by atoms with van der Waals surface area (Å²) in [5.41, 5.74) is 2.66. The molecule has 6 nitrogen and oxygen atoms in total. The largest absolute Gasteiger partial charge is 0.497 e. The molecule has 4 rings (SSSR count). The van der Waals surface area contributed by atoms with Crippen molar-refractivity contribution in [2.45, 2.75) is 0 Å². The van der Waals surface area contributed by atoms with Crippen molar-refractivity contribution in [2.24, 2.45) is 0 Å². The molecule has 0 unspecified atom stereocenters. The fourth-order valence-corrected chi connectivity index (χ4v) is 3.68. The number of methoxy groups -OCH3 is 1. The summed E-state index contributed by atoms with van der Waals surface area (Å²) in [7, 11) is 1.63. The van der Waals surface area contributed by atoms with E-state index in [1.54, 1.807) is 29.8 Å². The third-order valence-electron chi connectivity index (χ3n) is 3.96. The molecule has 0 saturated carbocycles. The number of halogens is 1. The molecule has 0 aliphatic carbocycles. The standard InChI is InChI=1S/C20H15ClN4O2S/c1-27-16-7-3-5-14(11-16)17-12-28-20-23-19(24-25(17)20)22-18(26)9-8-13-4-2-6-15(21)10-13/h2-12H,1H3,(H,22,24,26)/b9-8+. The van der Waals surface area contributed by atoms with Gasteiger partial charge in [0.05, 0.1) is 12.8 Å². The fraction of sp³-hybridized carbons (Fsp3) is 0.0500. The quantitative estimate of drug-likeness (QED) is 0.481. The Labute approximate surface area is 170 Å². The zero-order valence-corrected chi connectivity index (χ0v) is 16.4. The van der Waals surface area contributed by atoms with Crippen LogP contribution >= 0.6 is 22.9 Å². The Morgan fingerprint density at radius 2 is 2.11 bits per heavy atom. The smallest absolute Gasteiger partial charge is 0.250 e. The van der Waals surface area contributed by atoms with E-state index < -0.39 is 0 Å². The van der Waals surface area contributed by atoms with E-state index in [-0.39, 0.29) is 11.9 Å². The first-order chi connectivity index (χ1) is 13.6. The second kappa shape index (κ2) is 7.84. The highest BCUT2D eigenvalue weighted by Gasteiger charge is 2.13. The number of fused-ring (bicyclic) bond motifs is 1. The van der Waals surface area contributed by atoms with Gasteiger partial charge in [0, 0.05) is 22.0 Å². The Kier molecular flexibility index (Phi) is 5.10. The fourth-order valence-electron chi connectivity index (χ4n) is 2.65. The van der Waals surface area contributed by atoms with E-state index in [9.17, 15) is 4.79 Å². The number of anilines is 1. The number of carbonyl (C=O) groups excluding carboxylic acids is 1. The maximum Gasteiger partial charge on any atom is 0.250 e. The zero-order chi connectivity index (χ0) is 19.5. The van der Waals surface area contributed by atoms with Gasteiger partial charge in [-0.15, -0.1) is 16.4 Å². The predicted octanol–water partition coefficient (Wildman–Crippen LogP) is 4.77. The van der Waals surface area contributed by atoms with Crippen LogP contribution in [0.5, 0.6) is 5.75 Å². The summed E-state index contributed by atoms with van der Waals surface area (Å²) in [6, 6.07) is 14.9. The minimum atomic E-state index is -0.318. The number of carbonyl (C=O) groups is 1. The first kappa shape index (κ1) is 18.2. The molecule has 2 heterocycles. The molecule has 8 heteroatoms. The highest BCUT2D eigenvalue weighted by atomic mass is 35.5. The first-order valence-electron chi connectivity index (χ1n) is 8.36. The summed E-state index contributed by atoms with van der Waals surface area (Å²) in [4.78, 5) is 17.2. The lowest BCUT2D eigenvalue weighted by atomic mass is 10.2. The lowest BCUT2D eigenvalue weighted by Gasteiger charge is -2.02. The van der Waals surface area contributed by atoms with Gasteiger partial charge in [0.25, 0.3) is 11.9 Å². The zero-order valence-electron chi connectivity index (χ0n) is 14.8. The average molecular weight is 411 g/mol. The molecule has 0 aliphatic heterocycles. The number of rotatable bonds is 5. The number of nitrogens with one attached hydrogen (secondary N) is 1. The van der Waals surface area contributed by atoms with Gasteiger partial charge >= 0.3 is 0 Å². The molecular weight excluding hydrogens is 396 g/mol. The van der Waals surface area contributed by atoms with Crippen molar-refractivity contribution in [1.29, 1.82) is 0 Å². The highest BCUT2D eigenvalue weighted by molar-refractivity contribution is 7.15. The molecule has 0 fully saturated rings. The molecule has 1 N–H and O–H groups in total. The predicted molar refractivity (Wildman–Crippen MR) is 112 cm³/mol. The van der Waals surface area contributed by atoms with E-state index in [4.69, 9.17) is 16.3 Å². The van der Waals surface area contributed by atoms with Crippen molar-refractivity contribution in [1.82, 2.24) is 14.6 Å². The number of aromatic nitrogens is 3. The second-order valence-corrected chi connectivity index (χ2v) is 7.13. The molecule has 4 aromatic rings. The van der Waals surface area contributed by atoms with Crippen molar-refractivity contribution in [3.05, 3.63) is 70.6 Å². The molecule has 1 amide bonds. The molecule has 0 aliphatic rings. The molecule has 28 heavy (non-hydrogen) atoms. The molecule has 0 bridgehead atoms. The topological polar surface area (TPSA) is 68.5 Å². The molecule has 2 aromatic heterocycles. The van der Waals surface area contributed by atoms with Crippen LogP contribution in [0, 0.1) is 0 Å². The van der Waals surface area contributed by atoms with Gasteiger partial charge in [-0.1, -0.05) is 35.9 Å². The maximum absolute atomic E-state index is 12.2. The minimum Gasteiger partial charge on any atom is -0.497 e. The van der Waals surface area contributed by atoms with Crippen molar-refractivity contribution in [3.8, 4) is 17.0 Å². The van der Waals surface area contributed by atoms with Gasteiger partial charge in [-0.2, -0.15) is 4.98 Å². The Balaban J connectivity index is 1.54. The molecule has 0 saturated heterocycles. The van der Waals surface area contributed by atoms with Crippen molar-refractivity contribution in [2.75, 3.05) is 12.4 Å². The number of ether oxygens (including phenoxy) is 1. The Morgan fingerprint density at radius 1 is 1.25 bits per heavy atom. The average Bonchev–Trinajstić information content (AvgIpc) is 3.26. The minimum absolute atomic E-state index is 0.247. The summed E-state index contributed by atoms with van der Waals surface area (Å²) in [6.45, 7) is 0. The molecule has 0 spiro atoms. The molecular formula is C20H15ClN4O2S. The summed E-state index contributed by atoms with van der Waals surface area (Å²) in [5, 5.41) is 9.67. The number of thiazole rings is 1. The molecule has 0 atom stereocenters. The van der Waals surface area contributed by atoms with E-state index in [0.717, 1.165) is 22.6 Å². The molecule has 2 aromatic carbocycles. The number of hydrogen-bond donors (Lipinski definition) is 1. The Bertz CT molecular complexity index is 1180. The first-order valence-corrected chi connectivity index (χ1v) is 9.61. The van der Waals surface area contributed by atoms with Gasteiger partial charge in [-0.3, -0.25) is 10.1 Å². The van der Waals surface area contributed by atoms with E-state index in [1.807, 2.05) is 41.8 Å². The van der Waals surface area contributed by atoms with Gasteiger partial charge in [-0.25, -0.2) is 4.52 Å². The van der Waals surface area contributed by atoms with Gasteiger partial charge in [0.2, 0.25) is 4.96 Å². The van der Waals surface area contributed by atoms with E-state index in [2.05, 4.69) is 15.4 Å². The summed E-state index contributed by atoms with van der Waals surface area (Å²) in [5.74, 6) is 0.689. The SMILES string of the molecule is COc1cccc(-c2csc3nc(NC(=O)/C=C/c4cccc(Cl)c4)nn23)c1. The number of benzene rings is 2. The number of amides is 1. The van der Waals surface area contributed by atoms with Crippen molar-refractivity contribution in [3.63, 3.8) is 0 Å². The third-order valence-corrected chi connectivity index (χ3v) is 5.01. The Hall–Kier alpha value is -3.16. The van der Waals surface area contributed by atoms with Crippen LogP contribution in [0.25, 0.3) is 22.3 Å². The normalized spacial score (nSPS) is 11.2. The summed E-state index contributed by atoms with van der Waals surface area (Å²) in [6.07, 6.45) is 3.10. The van der Waals surface area contributed by atoms with E-state index in [0.29, 0.717) is 9.98 Å². The maximum atomic E-state index is 12.2. The van der Waals surface area contributed by atoms with Gasteiger partial charge in [0.1, 0.15) is 5.75 Å². The van der Waals surface area contributed by atoms with Crippen LogP contribution in [0.15, 0.2) is 60.0 Å². The van der Waals surface area contributed by atoms with E-state index in [1.165, 1.54) is 17.4 Å².